The second-order valence-electron chi connectivity index (χ2n) is 7.72. The highest BCUT2D eigenvalue weighted by Gasteiger charge is 2.26. The van der Waals surface area contributed by atoms with Gasteiger partial charge in [-0.05, 0) is 29.8 Å². The fourth-order valence-electron chi connectivity index (χ4n) is 3.60. The predicted molar refractivity (Wildman–Crippen MR) is 125 cm³/mol. The molecule has 11 heteroatoms. The van der Waals surface area contributed by atoms with Crippen molar-refractivity contribution in [3.8, 4) is 11.4 Å². The van der Waals surface area contributed by atoms with Crippen molar-refractivity contribution in [1.29, 1.82) is 0 Å². The molecular weight excluding hydrogens is 465 g/mol. The fourth-order valence-corrected chi connectivity index (χ4v) is 5.27. The molecule has 1 aromatic heterocycles. The molecule has 0 unspecified atom stereocenters. The van der Waals surface area contributed by atoms with E-state index in [1.165, 1.54) is 34.5 Å². The average molecular weight is 490 g/mol. The van der Waals surface area contributed by atoms with Crippen molar-refractivity contribution in [2.45, 2.75) is 11.7 Å². The van der Waals surface area contributed by atoms with Gasteiger partial charge in [-0.3, -0.25) is 9.36 Å². The summed E-state index contributed by atoms with van der Waals surface area (Å²) >= 11 is 1.29. The van der Waals surface area contributed by atoms with Gasteiger partial charge in [-0.1, -0.05) is 42.1 Å². The Hall–Kier alpha value is -2.76. The number of carbonyl (C=O) groups excluding carboxylic acids is 1. The molecule has 0 radical (unpaired) electrons. The number of hydrogen-bond donors (Lipinski definition) is 0. The zero-order valence-electron chi connectivity index (χ0n) is 18.1. The molecule has 0 aliphatic carbocycles. The van der Waals surface area contributed by atoms with Gasteiger partial charge in [0.05, 0.1) is 18.6 Å². The summed E-state index contributed by atoms with van der Waals surface area (Å²) < 4.78 is 40.1. The van der Waals surface area contributed by atoms with Crippen molar-refractivity contribution in [2.75, 3.05) is 38.2 Å². The van der Waals surface area contributed by atoms with E-state index in [1.807, 2.05) is 34.9 Å². The summed E-state index contributed by atoms with van der Waals surface area (Å²) in [4.78, 5) is 14.4. The zero-order chi connectivity index (χ0) is 23.4. The molecule has 0 spiro atoms. The number of benzene rings is 2. The van der Waals surface area contributed by atoms with Crippen LogP contribution < -0.4 is 0 Å². The van der Waals surface area contributed by atoms with Crippen LogP contribution in [0.2, 0.25) is 0 Å². The van der Waals surface area contributed by atoms with Gasteiger partial charge in [-0.25, -0.2) is 12.8 Å². The Bertz CT molecular complexity index is 1210. The molecule has 33 heavy (non-hydrogen) atoms. The molecule has 3 aromatic rings. The Morgan fingerprint density at radius 3 is 2.30 bits per heavy atom. The smallest absolute Gasteiger partial charge is 0.233 e. The number of carbonyl (C=O) groups is 1. The van der Waals surface area contributed by atoms with Gasteiger partial charge in [-0.2, -0.15) is 4.31 Å². The van der Waals surface area contributed by atoms with Crippen LogP contribution in [0, 0.1) is 5.82 Å². The van der Waals surface area contributed by atoms with Crippen LogP contribution in [0.15, 0.2) is 59.8 Å². The molecule has 1 fully saturated rings. The first-order valence-electron chi connectivity index (χ1n) is 10.4. The van der Waals surface area contributed by atoms with Gasteiger partial charge in [-0.15, -0.1) is 10.2 Å². The summed E-state index contributed by atoms with van der Waals surface area (Å²) in [6, 6.07) is 15.9. The van der Waals surface area contributed by atoms with Crippen molar-refractivity contribution in [3.63, 3.8) is 0 Å². The molecule has 0 bridgehead atoms. The largest absolute Gasteiger partial charge is 0.339 e. The van der Waals surface area contributed by atoms with Gasteiger partial charge in [0.15, 0.2) is 11.0 Å². The lowest BCUT2D eigenvalue weighted by molar-refractivity contribution is -0.129. The minimum absolute atomic E-state index is 0.0780. The number of nitrogens with zero attached hydrogens (tertiary/aromatic N) is 5. The highest BCUT2D eigenvalue weighted by atomic mass is 32.2. The van der Waals surface area contributed by atoms with Crippen molar-refractivity contribution >= 4 is 27.7 Å². The third-order valence-electron chi connectivity index (χ3n) is 5.39. The van der Waals surface area contributed by atoms with E-state index in [0.717, 1.165) is 11.1 Å². The summed E-state index contributed by atoms with van der Waals surface area (Å²) in [5, 5.41) is 9.19. The lowest BCUT2D eigenvalue weighted by Gasteiger charge is -2.33. The number of hydrogen-bond acceptors (Lipinski definition) is 6. The minimum Gasteiger partial charge on any atom is -0.339 e. The zero-order valence-corrected chi connectivity index (χ0v) is 19.7. The maximum atomic E-state index is 13.4. The number of thioether (sulfide) groups is 1. The summed E-state index contributed by atoms with van der Waals surface area (Å²) in [5.41, 5.74) is 1.78. The number of aromatic nitrogens is 3. The Balaban J connectivity index is 1.49. The standard InChI is InChI=1S/C22H24FN5O3S2/c1-33(30,31)27-13-11-26(12-14-27)20(29)16-32-22-25-24-21(18-7-9-19(23)10-8-18)28(22)15-17-5-3-2-4-6-17/h2-10H,11-16H2,1H3. The summed E-state index contributed by atoms with van der Waals surface area (Å²) in [6.07, 6.45) is 1.18. The van der Waals surface area contributed by atoms with Crippen LogP contribution in [0.5, 0.6) is 0 Å². The van der Waals surface area contributed by atoms with Gasteiger partial charge in [0.1, 0.15) is 5.82 Å². The molecule has 2 aromatic carbocycles. The Morgan fingerprint density at radius 1 is 1.00 bits per heavy atom. The van der Waals surface area contributed by atoms with Crippen LogP contribution in [-0.4, -0.2) is 76.5 Å². The van der Waals surface area contributed by atoms with Crippen LogP contribution in [0.25, 0.3) is 11.4 Å². The van der Waals surface area contributed by atoms with Gasteiger partial charge in [0.25, 0.3) is 0 Å². The topological polar surface area (TPSA) is 88.4 Å². The fraction of sp³-hybridized carbons (Fsp3) is 0.318. The number of rotatable bonds is 7. The van der Waals surface area contributed by atoms with Gasteiger partial charge in [0.2, 0.25) is 15.9 Å². The maximum absolute atomic E-state index is 13.4. The first-order chi connectivity index (χ1) is 15.8. The van der Waals surface area contributed by atoms with E-state index < -0.39 is 10.0 Å². The van der Waals surface area contributed by atoms with E-state index in [9.17, 15) is 17.6 Å². The van der Waals surface area contributed by atoms with E-state index in [0.29, 0.717) is 43.7 Å². The minimum atomic E-state index is -3.25. The average Bonchev–Trinajstić information content (AvgIpc) is 3.20. The number of amides is 1. The summed E-state index contributed by atoms with van der Waals surface area (Å²) in [6.45, 7) is 1.83. The first kappa shape index (κ1) is 23.4. The SMILES string of the molecule is CS(=O)(=O)N1CCN(C(=O)CSc2nnc(-c3ccc(F)cc3)n2Cc2ccccc2)CC1. The number of halogens is 1. The van der Waals surface area contributed by atoms with Crippen molar-refractivity contribution in [1.82, 2.24) is 24.0 Å². The summed E-state index contributed by atoms with van der Waals surface area (Å²) in [5.74, 6) is 0.347. The van der Waals surface area contributed by atoms with E-state index in [2.05, 4.69) is 10.2 Å². The maximum Gasteiger partial charge on any atom is 0.233 e. The normalized spacial score (nSPS) is 15.0. The predicted octanol–water partition coefficient (Wildman–Crippen LogP) is 2.33. The lowest BCUT2D eigenvalue weighted by atomic mass is 10.2. The molecule has 4 rings (SSSR count). The highest BCUT2D eigenvalue weighted by Crippen LogP contribution is 2.26. The molecule has 1 amide bonds. The van der Waals surface area contributed by atoms with E-state index in [4.69, 9.17) is 0 Å². The lowest BCUT2D eigenvalue weighted by Crippen LogP contribution is -2.50. The summed E-state index contributed by atoms with van der Waals surface area (Å²) in [7, 11) is -3.25. The van der Waals surface area contributed by atoms with E-state index in [1.54, 1.807) is 17.0 Å². The van der Waals surface area contributed by atoms with Gasteiger partial charge in [0, 0.05) is 31.7 Å². The molecule has 0 atom stereocenters. The Morgan fingerprint density at radius 2 is 1.67 bits per heavy atom. The molecule has 0 N–H and O–H groups in total. The third kappa shape index (κ3) is 5.79. The number of sulfonamides is 1. The molecular formula is C22H24FN5O3S2. The quantitative estimate of drug-likeness (QED) is 0.474. The van der Waals surface area contributed by atoms with E-state index in [-0.39, 0.29) is 17.5 Å². The Labute approximate surface area is 196 Å². The van der Waals surface area contributed by atoms with Crippen LogP contribution in [-0.2, 0) is 21.4 Å². The first-order valence-corrected chi connectivity index (χ1v) is 13.2. The monoisotopic (exact) mass is 489 g/mol. The van der Waals surface area contributed by atoms with Crippen molar-refractivity contribution < 1.29 is 17.6 Å². The van der Waals surface area contributed by atoms with Crippen LogP contribution in [0.3, 0.4) is 0 Å². The van der Waals surface area contributed by atoms with Crippen LogP contribution in [0.4, 0.5) is 4.39 Å². The molecule has 1 aliphatic rings. The van der Waals surface area contributed by atoms with Crippen LogP contribution in [0.1, 0.15) is 5.56 Å². The Kier molecular flexibility index (Phi) is 7.11. The number of piperazine rings is 1. The molecule has 1 saturated heterocycles. The van der Waals surface area contributed by atoms with Crippen molar-refractivity contribution in [3.05, 3.63) is 66.0 Å². The third-order valence-corrected chi connectivity index (χ3v) is 7.64. The van der Waals surface area contributed by atoms with Gasteiger partial charge >= 0.3 is 0 Å². The molecule has 1 aliphatic heterocycles. The van der Waals surface area contributed by atoms with E-state index >= 15 is 0 Å². The van der Waals surface area contributed by atoms with Crippen molar-refractivity contribution in [2.24, 2.45) is 0 Å². The molecule has 0 saturated carbocycles. The van der Waals surface area contributed by atoms with Gasteiger partial charge < -0.3 is 4.90 Å². The highest BCUT2D eigenvalue weighted by molar-refractivity contribution is 7.99. The molecule has 2 heterocycles. The molecule has 174 valence electrons. The second-order valence-corrected chi connectivity index (χ2v) is 10.6. The molecule has 8 nitrogen and oxygen atoms in total. The van der Waals surface area contributed by atoms with Crippen LogP contribution >= 0.6 is 11.8 Å². The second kappa shape index (κ2) is 10.0.